The Balaban J connectivity index is 1.61. The number of hydrogen-bond acceptors (Lipinski definition) is 6. The van der Waals surface area contributed by atoms with Crippen LogP contribution in [-0.2, 0) is 32.0 Å². The van der Waals surface area contributed by atoms with Crippen LogP contribution in [0.2, 0.25) is 0 Å². The Kier molecular flexibility index (Phi) is 6.12. The molecule has 32 heavy (non-hydrogen) atoms. The van der Waals surface area contributed by atoms with E-state index in [-0.39, 0.29) is 5.78 Å². The summed E-state index contributed by atoms with van der Waals surface area (Å²) in [5.74, 6) is 0.576. The van der Waals surface area contributed by atoms with Gasteiger partial charge in [0.15, 0.2) is 16.9 Å². The van der Waals surface area contributed by atoms with Gasteiger partial charge in [0, 0.05) is 46.8 Å². The molecular weight excluding hydrogens is 408 g/mol. The highest BCUT2D eigenvalue weighted by Crippen LogP contribution is 2.20. The van der Waals surface area contributed by atoms with E-state index in [9.17, 15) is 14.4 Å². The fraction of sp³-hybridized carbons (Fsp3) is 0.478. The molecule has 1 aromatic carbocycles. The number of aromatic nitrogens is 4. The van der Waals surface area contributed by atoms with E-state index in [0.717, 1.165) is 37.3 Å². The summed E-state index contributed by atoms with van der Waals surface area (Å²) in [6.45, 7) is 8.30. The summed E-state index contributed by atoms with van der Waals surface area (Å²) in [4.78, 5) is 46.9. The average Bonchev–Trinajstić information content (AvgIpc) is 3.16. The molecule has 170 valence electrons. The first-order chi connectivity index (χ1) is 15.3. The molecule has 1 aliphatic rings. The lowest BCUT2D eigenvalue weighted by molar-refractivity contribution is -0.119. The van der Waals surface area contributed by atoms with Crippen LogP contribution in [0, 0.1) is 0 Å². The van der Waals surface area contributed by atoms with Crippen LogP contribution in [0.4, 0.5) is 0 Å². The summed E-state index contributed by atoms with van der Waals surface area (Å²) in [5.41, 5.74) is 1.07. The number of carbonyl (C=O) groups is 1. The minimum absolute atomic E-state index is 0.0610. The minimum atomic E-state index is -0.542. The van der Waals surface area contributed by atoms with Crippen molar-refractivity contribution in [3.63, 3.8) is 0 Å². The van der Waals surface area contributed by atoms with E-state index in [1.807, 2.05) is 6.07 Å². The predicted molar refractivity (Wildman–Crippen MR) is 123 cm³/mol. The summed E-state index contributed by atoms with van der Waals surface area (Å²) in [6.07, 6.45) is 0. The maximum atomic E-state index is 12.9. The van der Waals surface area contributed by atoms with Crippen molar-refractivity contribution in [2.45, 2.75) is 33.0 Å². The van der Waals surface area contributed by atoms with Gasteiger partial charge in [-0.05, 0) is 19.4 Å². The molecule has 1 unspecified atom stereocenters. The lowest BCUT2D eigenvalue weighted by Crippen LogP contribution is -2.45. The molecule has 9 heteroatoms. The predicted octanol–water partition coefficient (Wildman–Crippen LogP) is 0.902. The van der Waals surface area contributed by atoms with E-state index in [1.165, 1.54) is 24.1 Å². The smallest absolute Gasteiger partial charge is 0.311 e. The molecule has 0 saturated carbocycles. The van der Waals surface area contributed by atoms with Gasteiger partial charge < -0.3 is 4.57 Å². The number of aryl methyl sites for hydroxylation is 1. The zero-order chi connectivity index (χ0) is 23.0. The number of imidazole rings is 1. The van der Waals surface area contributed by atoms with Gasteiger partial charge in [-0.25, -0.2) is 9.78 Å². The van der Waals surface area contributed by atoms with Crippen molar-refractivity contribution >= 4 is 16.9 Å². The highest BCUT2D eigenvalue weighted by atomic mass is 16.2. The standard InChI is InChI=1S/C23H30N6O3/c1-16(17(2)30)29-19(24-21-20(29)22(31)26(4)23(32)25(21)3)15-28-12-10-27(11-13-28)14-18-8-6-5-7-9-18/h5-9,16H,10-15H2,1-4H3. The van der Waals surface area contributed by atoms with E-state index in [1.54, 1.807) is 18.5 Å². The second-order valence-corrected chi connectivity index (χ2v) is 8.60. The van der Waals surface area contributed by atoms with Gasteiger partial charge in [-0.1, -0.05) is 30.3 Å². The van der Waals surface area contributed by atoms with Crippen LogP contribution in [0.1, 0.15) is 31.3 Å². The lowest BCUT2D eigenvalue weighted by atomic mass is 10.2. The third-order valence-corrected chi connectivity index (χ3v) is 6.42. The fourth-order valence-electron chi connectivity index (χ4n) is 4.32. The second-order valence-electron chi connectivity index (χ2n) is 8.60. The first-order valence-electron chi connectivity index (χ1n) is 10.9. The van der Waals surface area contributed by atoms with Crippen LogP contribution in [0.5, 0.6) is 0 Å². The van der Waals surface area contributed by atoms with Crippen molar-refractivity contribution < 1.29 is 4.79 Å². The maximum Gasteiger partial charge on any atom is 0.332 e. The highest BCUT2D eigenvalue weighted by Gasteiger charge is 2.26. The topological polar surface area (TPSA) is 85.4 Å². The van der Waals surface area contributed by atoms with E-state index in [2.05, 4.69) is 39.0 Å². The number of fused-ring (bicyclic) bond motifs is 1. The Hall–Kier alpha value is -3.04. The average molecular weight is 439 g/mol. The summed E-state index contributed by atoms with van der Waals surface area (Å²) >= 11 is 0. The zero-order valence-corrected chi connectivity index (χ0v) is 19.1. The Morgan fingerprint density at radius 1 is 0.969 bits per heavy atom. The highest BCUT2D eigenvalue weighted by molar-refractivity contribution is 5.82. The fourth-order valence-corrected chi connectivity index (χ4v) is 4.32. The van der Waals surface area contributed by atoms with Crippen molar-refractivity contribution in [3.05, 3.63) is 62.6 Å². The van der Waals surface area contributed by atoms with E-state index in [4.69, 9.17) is 0 Å². The van der Waals surface area contributed by atoms with Gasteiger partial charge in [0.25, 0.3) is 5.56 Å². The van der Waals surface area contributed by atoms with Gasteiger partial charge in [-0.15, -0.1) is 0 Å². The molecule has 1 fully saturated rings. The number of benzene rings is 1. The van der Waals surface area contributed by atoms with Crippen molar-refractivity contribution in [1.29, 1.82) is 0 Å². The summed E-state index contributed by atoms with van der Waals surface area (Å²) < 4.78 is 4.16. The molecule has 0 amide bonds. The molecule has 0 N–H and O–H groups in total. The molecule has 9 nitrogen and oxygen atoms in total. The Labute approximate surface area is 186 Å². The normalized spacial score (nSPS) is 16.5. The van der Waals surface area contributed by atoms with Gasteiger partial charge in [0.1, 0.15) is 5.82 Å². The van der Waals surface area contributed by atoms with Crippen molar-refractivity contribution in [2.75, 3.05) is 26.2 Å². The molecule has 1 saturated heterocycles. The number of hydrogen-bond donors (Lipinski definition) is 0. The quantitative estimate of drug-likeness (QED) is 0.569. The number of ketones is 1. The second kappa shape index (κ2) is 8.84. The molecule has 3 aromatic rings. The monoisotopic (exact) mass is 438 g/mol. The van der Waals surface area contributed by atoms with Gasteiger partial charge in [-0.3, -0.25) is 28.5 Å². The first kappa shape index (κ1) is 22.2. The van der Waals surface area contributed by atoms with Crippen LogP contribution in [0.3, 0.4) is 0 Å². The van der Waals surface area contributed by atoms with Crippen LogP contribution >= 0.6 is 0 Å². The molecule has 1 atom stereocenters. The van der Waals surface area contributed by atoms with Crippen molar-refractivity contribution in [3.8, 4) is 0 Å². The number of piperazine rings is 1. The molecule has 2 aromatic heterocycles. The van der Waals surface area contributed by atoms with Gasteiger partial charge in [-0.2, -0.15) is 0 Å². The van der Waals surface area contributed by atoms with E-state index >= 15 is 0 Å². The molecular formula is C23H30N6O3. The van der Waals surface area contributed by atoms with Crippen molar-refractivity contribution in [1.82, 2.24) is 28.5 Å². The number of Topliss-reactive ketones (excluding diaryl/α,β-unsaturated/α-hetero) is 1. The third-order valence-electron chi connectivity index (χ3n) is 6.42. The summed E-state index contributed by atoms with van der Waals surface area (Å²) in [7, 11) is 3.05. The third kappa shape index (κ3) is 4.05. The van der Waals surface area contributed by atoms with E-state index in [0.29, 0.717) is 23.5 Å². The summed E-state index contributed by atoms with van der Waals surface area (Å²) in [5, 5.41) is 0. The summed E-state index contributed by atoms with van der Waals surface area (Å²) in [6, 6.07) is 9.89. The van der Waals surface area contributed by atoms with Crippen LogP contribution < -0.4 is 11.2 Å². The van der Waals surface area contributed by atoms with Gasteiger partial charge in [0.05, 0.1) is 12.6 Å². The Morgan fingerprint density at radius 3 is 2.16 bits per heavy atom. The molecule has 0 aliphatic carbocycles. The van der Waals surface area contributed by atoms with Crippen molar-refractivity contribution in [2.24, 2.45) is 14.1 Å². The largest absolute Gasteiger partial charge is 0.332 e. The first-order valence-corrected chi connectivity index (χ1v) is 10.9. The van der Waals surface area contributed by atoms with Gasteiger partial charge >= 0.3 is 5.69 Å². The lowest BCUT2D eigenvalue weighted by Gasteiger charge is -2.34. The van der Waals surface area contributed by atoms with Gasteiger partial charge in [0.2, 0.25) is 0 Å². The molecule has 3 heterocycles. The molecule has 0 radical (unpaired) electrons. The van der Waals surface area contributed by atoms with E-state index < -0.39 is 17.3 Å². The number of nitrogens with zero attached hydrogens (tertiary/aromatic N) is 6. The number of rotatable bonds is 6. The molecule has 1 aliphatic heterocycles. The molecule has 0 spiro atoms. The molecule has 4 rings (SSSR count). The van der Waals surface area contributed by atoms with Crippen LogP contribution in [0.15, 0.2) is 39.9 Å². The number of carbonyl (C=O) groups excluding carboxylic acids is 1. The Morgan fingerprint density at radius 2 is 1.56 bits per heavy atom. The Bertz CT molecular complexity index is 1250. The molecule has 0 bridgehead atoms. The zero-order valence-electron chi connectivity index (χ0n) is 19.1. The van der Waals surface area contributed by atoms with Crippen LogP contribution in [-0.4, -0.2) is 60.4 Å². The van der Waals surface area contributed by atoms with Crippen LogP contribution in [0.25, 0.3) is 11.2 Å². The maximum absolute atomic E-state index is 12.9. The SMILES string of the molecule is CC(=O)C(C)n1c(CN2CCN(Cc3ccccc3)CC2)nc2c1c(=O)n(C)c(=O)n2C. The minimum Gasteiger partial charge on any atom is -0.311 e.